The second kappa shape index (κ2) is 5.46. The number of nitrogens with zero attached hydrogens (tertiary/aromatic N) is 1. The molecule has 1 heterocycles. The summed E-state index contributed by atoms with van der Waals surface area (Å²) in [6, 6.07) is 11.6. The number of hydrogen-bond acceptors (Lipinski definition) is 1. The minimum absolute atomic E-state index is 0.597. The maximum absolute atomic E-state index is 12.5. The number of fused-ring (bicyclic) bond motifs is 1. The molecular formula is C16H13BrF3N. The van der Waals surface area contributed by atoms with E-state index in [1.54, 1.807) is 12.1 Å². The average Bonchev–Trinajstić information content (AvgIpc) is 2.79. The van der Waals surface area contributed by atoms with Crippen molar-refractivity contribution in [1.29, 1.82) is 0 Å². The summed E-state index contributed by atoms with van der Waals surface area (Å²) in [4.78, 5) is 2.22. The molecule has 0 amide bonds. The van der Waals surface area contributed by atoms with Crippen LogP contribution < -0.4 is 0 Å². The fraction of sp³-hybridized carbons (Fsp3) is 0.250. The Hall–Kier alpha value is -1.33. The van der Waals surface area contributed by atoms with Crippen LogP contribution in [0.1, 0.15) is 22.3 Å². The van der Waals surface area contributed by atoms with Crippen molar-refractivity contribution in [3.8, 4) is 0 Å². The molecule has 0 N–H and O–H groups in total. The lowest BCUT2D eigenvalue weighted by atomic mass is 10.1. The van der Waals surface area contributed by atoms with Crippen molar-refractivity contribution >= 4 is 15.9 Å². The summed E-state index contributed by atoms with van der Waals surface area (Å²) in [5, 5.41) is 0. The van der Waals surface area contributed by atoms with Crippen LogP contribution in [0.2, 0.25) is 0 Å². The summed E-state index contributed by atoms with van der Waals surface area (Å²) < 4.78 is 38.6. The second-order valence-corrected chi connectivity index (χ2v) is 6.17. The van der Waals surface area contributed by atoms with Gasteiger partial charge in [0, 0.05) is 24.1 Å². The summed E-state index contributed by atoms with van der Waals surface area (Å²) in [6.45, 7) is 2.32. The molecule has 0 aliphatic carbocycles. The molecule has 0 atom stereocenters. The maximum Gasteiger partial charge on any atom is 0.416 e. The van der Waals surface area contributed by atoms with Crippen LogP contribution in [0.4, 0.5) is 13.2 Å². The molecule has 1 aliphatic rings. The van der Waals surface area contributed by atoms with Gasteiger partial charge in [-0.1, -0.05) is 34.1 Å². The Morgan fingerprint density at radius 3 is 2.29 bits per heavy atom. The topological polar surface area (TPSA) is 3.24 Å². The SMILES string of the molecule is FC(F)(F)c1ccc(CN2Cc3ccc(Br)cc3C2)cc1. The van der Waals surface area contributed by atoms with Gasteiger partial charge in [-0.05, 0) is 41.0 Å². The van der Waals surface area contributed by atoms with E-state index >= 15 is 0 Å². The third kappa shape index (κ3) is 3.30. The predicted molar refractivity (Wildman–Crippen MR) is 78.5 cm³/mol. The molecule has 0 aromatic heterocycles. The largest absolute Gasteiger partial charge is 0.416 e. The highest BCUT2D eigenvalue weighted by molar-refractivity contribution is 9.10. The summed E-state index contributed by atoms with van der Waals surface area (Å²) in [5.74, 6) is 0. The molecule has 0 radical (unpaired) electrons. The van der Waals surface area contributed by atoms with Gasteiger partial charge in [0.25, 0.3) is 0 Å². The van der Waals surface area contributed by atoms with E-state index in [0.29, 0.717) is 6.54 Å². The Balaban J connectivity index is 1.69. The first-order chi connectivity index (χ1) is 9.91. The molecule has 110 valence electrons. The van der Waals surface area contributed by atoms with Crippen molar-refractivity contribution in [2.75, 3.05) is 0 Å². The monoisotopic (exact) mass is 355 g/mol. The van der Waals surface area contributed by atoms with Crippen molar-refractivity contribution < 1.29 is 13.2 Å². The Morgan fingerprint density at radius 2 is 1.62 bits per heavy atom. The van der Waals surface area contributed by atoms with Crippen LogP contribution in [0, 0.1) is 0 Å². The van der Waals surface area contributed by atoms with Crippen molar-refractivity contribution in [1.82, 2.24) is 4.90 Å². The van der Waals surface area contributed by atoms with Gasteiger partial charge in [-0.3, -0.25) is 4.90 Å². The van der Waals surface area contributed by atoms with Gasteiger partial charge in [0.05, 0.1) is 5.56 Å². The van der Waals surface area contributed by atoms with Crippen LogP contribution in [0.15, 0.2) is 46.9 Å². The first-order valence-corrected chi connectivity index (χ1v) is 7.37. The lowest BCUT2D eigenvalue weighted by Crippen LogP contribution is -2.15. The molecular weight excluding hydrogens is 343 g/mol. The molecule has 0 unspecified atom stereocenters. The molecule has 2 aromatic rings. The van der Waals surface area contributed by atoms with E-state index in [1.165, 1.54) is 11.1 Å². The minimum Gasteiger partial charge on any atom is -0.291 e. The zero-order valence-corrected chi connectivity index (χ0v) is 12.7. The molecule has 0 saturated heterocycles. The summed E-state index contributed by atoms with van der Waals surface area (Å²) in [5.41, 5.74) is 2.86. The highest BCUT2D eigenvalue weighted by Crippen LogP contribution is 2.30. The fourth-order valence-corrected chi connectivity index (χ4v) is 3.01. The molecule has 0 fully saturated rings. The van der Waals surface area contributed by atoms with Crippen LogP contribution in [0.25, 0.3) is 0 Å². The molecule has 21 heavy (non-hydrogen) atoms. The zero-order chi connectivity index (χ0) is 15.0. The van der Waals surface area contributed by atoms with Crippen LogP contribution in [-0.4, -0.2) is 4.90 Å². The second-order valence-electron chi connectivity index (χ2n) is 5.25. The number of halogens is 4. The van der Waals surface area contributed by atoms with Gasteiger partial charge in [-0.15, -0.1) is 0 Å². The van der Waals surface area contributed by atoms with Gasteiger partial charge < -0.3 is 0 Å². The summed E-state index contributed by atoms with van der Waals surface area (Å²) in [6.07, 6.45) is -4.27. The molecule has 3 rings (SSSR count). The van der Waals surface area contributed by atoms with Crippen LogP contribution in [-0.2, 0) is 25.8 Å². The predicted octanol–water partition coefficient (Wildman–Crippen LogP) is 4.98. The standard InChI is InChI=1S/C16H13BrF3N/c17-15-6-3-12-9-21(10-13(12)7-15)8-11-1-4-14(5-2-11)16(18,19)20/h1-7H,8-10H2. The van der Waals surface area contributed by atoms with E-state index in [4.69, 9.17) is 0 Å². The van der Waals surface area contributed by atoms with Crippen LogP contribution in [0.5, 0.6) is 0 Å². The van der Waals surface area contributed by atoms with Crippen LogP contribution >= 0.6 is 15.9 Å². The Bertz CT molecular complexity index is 650. The minimum atomic E-state index is -4.27. The van der Waals surface area contributed by atoms with Gasteiger partial charge in [0.2, 0.25) is 0 Å². The van der Waals surface area contributed by atoms with E-state index in [-0.39, 0.29) is 0 Å². The first kappa shape index (κ1) is 14.6. The fourth-order valence-electron chi connectivity index (χ4n) is 2.60. The van der Waals surface area contributed by atoms with Crippen molar-refractivity contribution in [3.63, 3.8) is 0 Å². The number of benzene rings is 2. The number of rotatable bonds is 2. The third-order valence-electron chi connectivity index (χ3n) is 3.64. The van der Waals surface area contributed by atoms with Gasteiger partial charge >= 0.3 is 6.18 Å². The van der Waals surface area contributed by atoms with E-state index < -0.39 is 11.7 Å². The summed E-state index contributed by atoms with van der Waals surface area (Å²) >= 11 is 3.45. The lowest BCUT2D eigenvalue weighted by Gasteiger charge is -2.15. The highest BCUT2D eigenvalue weighted by atomic mass is 79.9. The normalized spacial score (nSPS) is 15.2. The zero-order valence-electron chi connectivity index (χ0n) is 11.1. The summed E-state index contributed by atoms with van der Waals surface area (Å²) in [7, 11) is 0. The van der Waals surface area contributed by atoms with E-state index in [9.17, 15) is 13.2 Å². The smallest absolute Gasteiger partial charge is 0.291 e. The number of alkyl halides is 3. The average molecular weight is 356 g/mol. The van der Waals surface area contributed by atoms with Crippen molar-refractivity contribution in [3.05, 3.63) is 69.2 Å². The van der Waals surface area contributed by atoms with E-state index in [0.717, 1.165) is 35.3 Å². The Labute approximate surface area is 129 Å². The third-order valence-corrected chi connectivity index (χ3v) is 4.14. The van der Waals surface area contributed by atoms with Gasteiger partial charge in [0.15, 0.2) is 0 Å². The van der Waals surface area contributed by atoms with Crippen molar-refractivity contribution in [2.24, 2.45) is 0 Å². The molecule has 1 aliphatic heterocycles. The number of hydrogen-bond donors (Lipinski definition) is 0. The Morgan fingerprint density at radius 1 is 0.952 bits per heavy atom. The lowest BCUT2D eigenvalue weighted by molar-refractivity contribution is -0.137. The van der Waals surface area contributed by atoms with E-state index in [2.05, 4.69) is 33.0 Å². The molecule has 2 aromatic carbocycles. The molecule has 5 heteroatoms. The maximum atomic E-state index is 12.5. The van der Waals surface area contributed by atoms with Gasteiger partial charge in [-0.25, -0.2) is 0 Å². The van der Waals surface area contributed by atoms with E-state index in [1.807, 2.05) is 6.07 Å². The molecule has 0 spiro atoms. The van der Waals surface area contributed by atoms with Crippen molar-refractivity contribution in [2.45, 2.75) is 25.8 Å². The molecule has 1 nitrogen and oxygen atoms in total. The van der Waals surface area contributed by atoms with Crippen LogP contribution in [0.3, 0.4) is 0 Å². The van der Waals surface area contributed by atoms with Gasteiger partial charge in [0.1, 0.15) is 0 Å². The Kier molecular flexibility index (Phi) is 3.80. The quantitative estimate of drug-likeness (QED) is 0.733. The highest BCUT2D eigenvalue weighted by Gasteiger charge is 2.30. The van der Waals surface area contributed by atoms with Gasteiger partial charge in [-0.2, -0.15) is 13.2 Å². The molecule has 0 saturated carbocycles. The first-order valence-electron chi connectivity index (χ1n) is 6.57. The molecule has 0 bridgehead atoms.